The molecule has 0 amide bonds. The quantitative estimate of drug-likeness (QED) is 0.897. The van der Waals surface area contributed by atoms with Gasteiger partial charge in [-0.2, -0.15) is 0 Å². The molecular formula is C15H21N3. The van der Waals surface area contributed by atoms with E-state index < -0.39 is 0 Å². The van der Waals surface area contributed by atoms with E-state index in [1.165, 1.54) is 42.8 Å². The first-order chi connectivity index (χ1) is 8.75. The van der Waals surface area contributed by atoms with Crippen LogP contribution in [0.5, 0.6) is 0 Å². The van der Waals surface area contributed by atoms with Crippen LogP contribution in [-0.4, -0.2) is 22.6 Å². The molecule has 1 unspecified atom stereocenters. The van der Waals surface area contributed by atoms with Crippen LogP contribution in [-0.2, 0) is 13.5 Å². The molecule has 0 spiro atoms. The van der Waals surface area contributed by atoms with Gasteiger partial charge in [-0.25, -0.2) is 4.98 Å². The SMILES string of the molecule is Cc1cccc2nc(CCC3CCNC3)n(C)c12. The second-order valence-corrected chi connectivity index (χ2v) is 5.43. The van der Waals surface area contributed by atoms with Crippen molar-refractivity contribution in [2.24, 2.45) is 13.0 Å². The van der Waals surface area contributed by atoms with Gasteiger partial charge in [-0.1, -0.05) is 12.1 Å². The number of para-hydroxylation sites is 1. The van der Waals surface area contributed by atoms with Gasteiger partial charge in [-0.3, -0.25) is 0 Å². The molecule has 3 rings (SSSR count). The van der Waals surface area contributed by atoms with E-state index in [9.17, 15) is 0 Å². The van der Waals surface area contributed by atoms with Crippen molar-refractivity contribution in [3.63, 3.8) is 0 Å². The van der Waals surface area contributed by atoms with Gasteiger partial charge in [0.05, 0.1) is 11.0 Å². The third-order valence-electron chi connectivity index (χ3n) is 4.13. The predicted molar refractivity (Wildman–Crippen MR) is 74.7 cm³/mol. The summed E-state index contributed by atoms with van der Waals surface area (Å²) in [5.74, 6) is 2.07. The average molecular weight is 243 g/mol. The lowest BCUT2D eigenvalue weighted by atomic mass is 10.0. The molecule has 1 N–H and O–H groups in total. The number of rotatable bonds is 3. The first-order valence-electron chi connectivity index (χ1n) is 6.87. The lowest BCUT2D eigenvalue weighted by Gasteiger charge is -2.08. The van der Waals surface area contributed by atoms with Crippen molar-refractivity contribution in [3.8, 4) is 0 Å². The zero-order valence-corrected chi connectivity index (χ0v) is 11.2. The summed E-state index contributed by atoms with van der Waals surface area (Å²) in [7, 11) is 2.14. The molecular weight excluding hydrogens is 222 g/mol. The van der Waals surface area contributed by atoms with Gasteiger partial charge in [0, 0.05) is 13.5 Å². The zero-order valence-electron chi connectivity index (χ0n) is 11.2. The molecule has 1 aromatic heterocycles. The molecule has 1 fully saturated rings. The largest absolute Gasteiger partial charge is 0.331 e. The minimum Gasteiger partial charge on any atom is -0.331 e. The molecule has 1 saturated heterocycles. The molecule has 0 bridgehead atoms. The second kappa shape index (κ2) is 4.73. The monoisotopic (exact) mass is 243 g/mol. The van der Waals surface area contributed by atoms with Crippen molar-refractivity contribution in [1.82, 2.24) is 14.9 Å². The highest BCUT2D eigenvalue weighted by molar-refractivity contribution is 5.79. The van der Waals surface area contributed by atoms with Crippen LogP contribution in [0.1, 0.15) is 24.2 Å². The van der Waals surface area contributed by atoms with Crippen LogP contribution in [0.25, 0.3) is 11.0 Å². The molecule has 1 aromatic carbocycles. The Labute approximate surface area is 108 Å². The number of hydrogen-bond acceptors (Lipinski definition) is 2. The van der Waals surface area contributed by atoms with Crippen LogP contribution in [0.15, 0.2) is 18.2 Å². The van der Waals surface area contributed by atoms with E-state index in [1.54, 1.807) is 0 Å². The molecule has 1 atom stereocenters. The van der Waals surface area contributed by atoms with Crippen molar-refractivity contribution < 1.29 is 0 Å². The molecule has 0 radical (unpaired) electrons. The van der Waals surface area contributed by atoms with Crippen LogP contribution in [0.2, 0.25) is 0 Å². The maximum Gasteiger partial charge on any atom is 0.109 e. The lowest BCUT2D eigenvalue weighted by Crippen LogP contribution is -2.10. The number of imidazole rings is 1. The van der Waals surface area contributed by atoms with Crippen molar-refractivity contribution >= 4 is 11.0 Å². The predicted octanol–water partition coefficient (Wildman–Crippen LogP) is 2.42. The third kappa shape index (κ3) is 2.03. The van der Waals surface area contributed by atoms with Crippen molar-refractivity contribution in [3.05, 3.63) is 29.6 Å². The molecule has 1 aliphatic heterocycles. The van der Waals surface area contributed by atoms with E-state index >= 15 is 0 Å². The standard InChI is InChI=1S/C15H21N3/c1-11-4-3-5-13-15(11)18(2)14(17-13)7-6-12-8-9-16-10-12/h3-5,12,16H,6-10H2,1-2H3. The molecule has 2 aromatic rings. The highest BCUT2D eigenvalue weighted by Gasteiger charge is 2.16. The molecule has 0 saturated carbocycles. The Balaban J connectivity index is 1.83. The first kappa shape index (κ1) is 11.7. The van der Waals surface area contributed by atoms with E-state index in [0.29, 0.717) is 0 Å². The van der Waals surface area contributed by atoms with E-state index in [-0.39, 0.29) is 0 Å². The molecule has 1 aliphatic rings. The Morgan fingerprint density at radius 1 is 1.44 bits per heavy atom. The smallest absolute Gasteiger partial charge is 0.109 e. The summed E-state index contributed by atoms with van der Waals surface area (Å²) in [6, 6.07) is 6.37. The number of nitrogens with zero attached hydrogens (tertiary/aromatic N) is 2. The molecule has 2 heterocycles. The van der Waals surface area contributed by atoms with Crippen LogP contribution in [0.3, 0.4) is 0 Å². The van der Waals surface area contributed by atoms with Crippen molar-refractivity contribution in [2.45, 2.75) is 26.2 Å². The topological polar surface area (TPSA) is 29.9 Å². The van der Waals surface area contributed by atoms with Gasteiger partial charge in [-0.05, 0) is 50.4 Å². The highest BCUT2D eigenvalue weighted by Crippen LogP contribution is 2.21. The number of benzene rings is 1. The molecule has 0 aliphatic carbocycles. The maximum absolute atomic E-state index is 4.78. The first-order valence-corrected chi connectivity index (χ1v) is 6.87. The summed E-state index contributed by atoms with van der Waals surface area (Å²) in [6.07, 6.45) is 3.67. The Kier molecular flexibility index (Phi) is 3.08. The molecule has 96 valence electrons. The van der Waals surface area contributed by atoms with Gasteiger partial charge in [0.2, 0.25) is 0 Å². The van der Waals surface area contributed by atoms with Gasteiger partial charge < -0.3 is 9.88 Å². The summed E-state index contributed by atoms with van der Waals surface area (Å²) in [6.45, 7) is 4.53. The van der Waals surface area contributed by atoms with E-state index in [4.69, 9.17) is 4.98 Å². The fourth-order valence-corrected chi connectivity index (χ4v) is 3.03. The third-order valence-corrected chi connectivity index (χ3v) is 4.13. The minimum atomic E-state index is 0.839. The van der Waals surface area contributed by atoms with Crippen LogP contribution >= 0.6 is 0 Å². The normalized spacial score (nSPS) is 19.8. The summed E-state index contributed by atoms with van der Waals surface area (Å²) in [5, 5.41) is 3.43. The Hall–Kier alpha value is -1.35. The summed E-state index contributed by atoms with van der Waals surface area (Å²) < 4.78 is 2.27. The summed E-state index contributed by atoms with van der Waals surface area (Å²) in [4.78, 5) is 4.78. The van der Waals surface area contributed by atoms with Crippen molar-refractivity contribution in [2.75, 3.05) is 13.1 Å². The van der Waals surface area contributed by atoms with Gasteiger partial charge in [0.1, 0.15) is 5.82 Å². The number of hydrogen-bond donors (Lipinski definition) is 1. The molecule has 18 heavy (non-hydrogen) atoms. The second-order valence-electron chi connectivity index (χ2n) is 5.43. The van der Waals surface area contributed by atoms with Gasteiger partial charge in [0.25, 0.3) is 0 Å². The maximum atomic E-state index is 4.78. The van der Waals surface area contributed by atoms with E-state index in [0.717, 1.165) is 17.9 Å². The van der Waals surface area contributed by atoms with Crippen molar-refractivity contribution in [1.29, 1.82) is 0 Å². The number of aromatic nitrogens is 2. The van der Waals surface area contributed by atoms with Gasteiger partial charge in [-0.15, -0.1) is 0 Å². The molecule has 3 heteroatoms. The summed E-state index contributed by atoms with van der Waals surface area (Å²) in [5.41, 5.74) is 3.74. The van der Waals surface area contributed by atoms with Gasteiger partial charge in [0.15, 0.2) is 0 Å². The van der Waals surface area contributed by atoms with Crippen LogP contribution in [0, 0.1) is 12.8 Å². The van der Waals surface area contributed by atoms with Crippen LogP contribution in [0.4, 0.5) is 0 Å². The fraction of sp³-hybridized carbons (Fsp3) is 0.533. The molecule has 3 nitrogen and oxygen atoms in total. The number of fused-ring (bicyclic) bond motifs is 1. The Morgan fingerprint density at radius 2 is 2.33 bits per heavy atom. The van der Waals surface area contributed by atoms with Gasteiger partial charge >= 0.3 is 0 Å². The van der Waals surface area contributed by atoms with E-state index in [2.05, 4.69) is 42.1 Å². The summed E-state index contributed by atoms with van der Waals surface area (Å²) >= 11 is 0. The lowest BCUT2D eigenvalue weighted by molar-refractivity contribution is 0.520. The number of aryl methyl sites for hydroxylation is 3. The highest BCUT2D eigenvalue weighted by atomic mass is 15.1. The number of nitrogens with one attached hydrogen (secondary N) is 1. The van der Waals surface area contributed by atoms with E-state index in [1.807, 2.05) is 0 Å². The Morgan fingerprint density at radius 3 is 3.06 bits per heavy atom. The zero-order chi connectivity index (χ0) is 12.5. The fourth-order valence-electron chi connectivity index (χ4n) is 3.03. The Bertz CT molecular complexity index is 550. The van der Waals surface area contributed by atoms with Crippen LogP contribution < -0.4 is 5.32 Å². The minimum absolute atomic E-state index is 0.839. The average Bonchev–Trinajstić information content (AvgIpc) is 2.96.